The fourth-order valence-electron chi connectivity index (χ4n) is 9.09. The fraction of sp³-hybridized carbons (Fsp3) is 0.400. The van der Waals surface area contributed by atoms with E-state index in [1.54, 1.807) is 84.1 Å². The topological polar surface area (TPSA) is 201 Å². The van der Waals surface area contributed by atoms with Crippen LogP contribution in [-0.2, 0) is 53.6 Å². The zero-order chi connectivity index (χ0) is 52.7. The SMILES string of the molecule is CCOC(=O)C1CCN(C(=O)c2ccc(Cl)c(Cc3cc4c(C)cc(C(F)(F)F)nc4n3C)c2Cl)CC1.Cc1cc(C(F)(F)F)nc2c1cc(Cc1c(Cl)ccc(C(=O)N3CCC(C(=O)O)CC3)c1Cl)n2C.O.[Li+].[OH-]. The second-order valence-corrected chi connectivity index (χ2v) is 19.4. The maximum atomic E-state index is 13.3. The second kappa shape index (κ2) is 25.0. The van der Waals surface area contributed by atoms with Gasteiger partial charge in [0.2, 0.25) is 0 Å². The van der Waals surface area contributed by atoms with Crippen LogP contribution in [0.3, 0.4) is 0 Å². The molecular weight excluding hydrogens is 1080 g/mol. The largest absolute Gasteiger partial charge is 1.00 e. The number of hydrogen-bond acceptors (Lipinski definition) is 8. The Labute approximate surface area is 459 Å². The fourth-order valence-corrected chi connectivity index (χ4v) is 10.3. The van der Waals surface area contributed by atoms with E-state index >= 15 is 0 Å². The van der Waals surface area contributed by atoms with Gasteiger partial charge in [0.05, 0.1) is 39.6 Å². The molecule has 14 nitrogen and oxygen atoms in total. The molecule has 6 aromatic rings. The van der Waals surface area contributed by atoms with E-state index in [1.807, 2.05) is 0 Å². The molecule has 2 aliphatic rings. The summed E-state index contributed by atoms with van der Waals surface area (Å²) in [5.74, 6) is -2.41. The molecule has 2 saturated heterocycles. The number of fused-ring (bicyclic) bond motifs is 2. The summed E-state index contributed by atoms with van der Waals surface area (Å²) in [6.45, 7) is 6.67. The number of carbonyl (C=O) groups is 4. The third-order valence-corrected chi connectivity index (χ3v) is 14.8. The molecular formula is C50H51Cl4F6LiN6O8. The number of hydrogen-bond donors (Lipinski definition) is 1. The van der Waals surface area contributed by atoms with Gasteiger partial charge in [-0.1, -0.05) is 46.4 Å². The first kappa shape index (κ1) is 62.5. The van der Waals surface area contributed by atoms with Gasteiger partial charge in [-0.15, -0.1) is 0 Å². The molecule has 0 bridgehead atoms. The number of aryl methyl sites for hydroxylation is 4. The van der Waals surface area contributed by atoms with E-state index in [2.05, 4.69) is 9.97 Å². The Morgan fingerprint density at radius 2 is 1.01 bits per heavy atom. The number of likely N-dealkylation sites (tertiary alicyclic amines) is 2. The summed E-state index contributed by atoms with van der Waals surface area (Å²) in [6, 6.07) is 11.8. The monoisotopic (exact) mass is 1120 g/mol. The van der Waals surface area contributed by atoms with Crippen LogP contribution in [0.15, 0.2) is 48.5 Å². The first-order valence-electron chi connectivity index (χ1n) is 22.8. The average Bonchev–Trinajstić information content (AvgIpc) is 3.83. The van der Waals surface area contributed by atoms with Crippen molar-refractivity contribution in [1.29, 1.82) is 0 Å². The predicted octanol–water partition coefficient (Wildman–Crippen LogP) is 7.95. The molecule has 25 heteroatoms. The van der Waals surface area contributed by atoms with Crippen molar-refractivity contribution in [3.8, 4) is 0 Å². The van der Waals surface area contributed by atoms with E-state index < -0.39 is 35.6 Å². The summed E-state index contributed by atoms with van der Waals surface area (Å²) in [7, 11) is 3.25. The number of alkyl halides is 6. The molecule has 6 heterocycles. The van der Waals surface area contributed by atoms with Crippen LogP contribution in [0.2, 0.25) is 20.1 Å². The number of carboxylic acid groups (broad SMARTS) is 1. The molecule has 4 N–H and O–H groups in total. The second-order valence-electron chi connectivity index (χ2n) is 17.9. The zero-order valence-electron chi connectivity index (χ0n) is 41.5. The molecule has 8 rings (SSSR count). The standard InChI is InChI=1S/C26H26Cl2F3N3O3.C24H22Cl2F3N3O3.Li.2H2O/c1-4-37-25(36)15-7-9-34(10-8-15)24(35)17-5-6-20(27)19(22(17)28)13-16-12-18-14(2)11-21(26(29,30)31)32-23(18)33(16)3;1-12-9-19(24(27,28)29)30-21-16(12)10-14(31(21)2)11-17-18(25)4-3-15(20(17)26)22(33)32-7-5-13(6-8-32)23(34)35;;;/h5-6,11-12,15H,4,7-10,13H2,1-3H3;3-4,9-10,13H,5-8,11H2,1-2H3,(H,34,35);;2*1H2/q;;+1;;/p-1. The van der Waals surface area contributed by atoms with Crippen molar-refractivity contribution < 1.29 is 85.2 Å². The quantitative estimate of drug-likeness (QED) is 0.0847. The Morgan fingerprint density at radius 3 is 1.35 bits per heavy atom. The number of rotatable bonds is 9. The van der Waals surface area contributed by atoms with Gasteiger partial charge in [-0.05, 0) is 117 Å². The summed E-state index contributed by atoms with van der Waals surface area (Å²) < 4.78 is 87.9. The number of halogens is 10. The Morgan fingerprint density at radius 1 is 0.653 bits per heavy atom. The Bertz CT molecular complexity index is 3120. The molecule has 0 saturated carbocycles. The van der Waals surface area contributed by atoms with E-state index in [0.717, 1.165) is 12.1 Å². The van der Waals surface area contributed by atoms with E-state index in [4.69, 9.17) is 51.1 Å². The Hall–Kier alpha value is -5.04. The van der Waals surface area contributed by atoms with Crippen LogP contribution in [0.4, 0.5) is 26.3 Å². The molecule has 2 aliphatic heterocycles. The van der Waals surface area contributed by atoms with Crippen LogP contribution >= 0.6 is 46.4 Å². The molecule has 400 valence electrons. The summed E-state index contributed by atoms with van der Waals surface area (Å²) in [5.41, 5.74) is 2.12. The number of nitrogens with zero attached hydrogens (tertiary/aromatic N) is 6. The number of aromatic nitrogens is 4. The molecule has 2 fully saturated rings. The molecule has 0 spiro atoms. The summed E-state index contributed by atoms with van der Waals surface area (Å²) in [5, 5.41) is 11.4. The van der Waals surface area contributed by atoms with Crippen LogP contribution in [0.25, 0.3) is 22.1 Å². The number of esters is 1. The molecule has 0 unspecified atom stereocenters. The molecule has 0 radical (unpaired) electrons. The van der Waals surface area contributed by atoms with E-state index in [1.165, 1.54) is 6.07 Å². The van der Waals surface area contributed by atoms with E-state index in [-0.39, 0.29) is 98.8 Å². The van der Waals surface area contributed by atoms with Crippen LogP contribution in [0.1, 0.15) is 98.4 Å². The molecule has 2 aromatic carbocycles. The van der Waals surface area contributed by atoms with E-state index in [0.29, 0.717) is 113 Å². The van der Waals surface area contributed by atoms with Crippen LogP contribution in [0.5, 0.6) is 0 Å². The van der Waals surface area contributed by atoms with Crippen molar-refractivity contribution in [2.24, 2.45) is 25.9 Å². The van der Waals surface area contributed by atoms with Crippen molar-refractivity contribution >= 4 is 92.2 Å². The average molecular weight is 1130 g/mol. The predicted molar refractivity (Wildman–Crippen MR) is 267 cm³/mol. The molecule has 4 aromatic heterocycles. The number of carbonyl (C=O) groups excluding carboxylic acids is 3. The first-order valence-corrected chi connectivity index (χ1v) is 24.3. The van der Waals surface area contributed by atoms with Gasteiger partial charge in [-0.3, -0.25) is 19.2 Å². The van der Waals surface area contributed by atoms with Crippen molar-refractivity contribution in [3.05, 3.63) is 125 Å². The first-order chi connectivity index (χ1) is 33.8. The zero-order valence-corrected chi connectivity index (χ0v) is 44.5. The van der Waals surface area contributed by atoms with Gasteiger partial charge in [0.25, 0.3) is 11.8 Å². The van der Waals surface area contributed by atoms with Crippen LogP contribution in [-0.4, -0.2) is 101 Å². The van der Waals surface area contributed by atoms with Gasteiger partial charge in [-0.25, -0.2) is 9.97 Å². The third kappa shape index (κ3) is 13.4. The van der Waals surface area contributed by atoms with Gasteiger partial charge in [-0.2, -0.15) is 26.3 Å². The molecule has 0 atom stereocenters. The summed E-state index contributed by atoms with van der Waals surface area (Å²) in [6.07, 6.45) is -7.03. The molecule has 2 amide bonds. The maximum Gasteiger partial charge on any atom is 1.00 e. The number of aliphatic carboxylic acids is 1. The van der Waals surface area contributed by atoms with Gasteiger partial charge in [0.15, 0.2) is 0 Å². The van der Waals surface area contributed by atoms with Crippen molar-refractivity contribution in [2.45, 2.75) is 71.6 Å². The number of piperidine rings is 2. The van der Waals surface area contributed by atoms with Gasteiger partial charge in [0.1, 0.15) is 22.7 Å². The maximum absolute atomic E-state index is 13.3. The Kier molecular flexibility index (Phi) is 20.8. The number of ether oxygens (including phenoxy) is 1. The van der Waals surface area contributed by atoms with Gasteiger partial charge >= 0.3 is 43.2 Å². The summed E-state index contributed by atoms with van der Waals surface area (Å²) >= 11 is 26.2. The number of amides is 2. The van der Waals surface area contributed by atoms with Crippen LogP contribution in [0, 0.1) is 25.7 Å². The van der Waals surface area contributed by atoms with Crippen molar-refractivity contribution in [2.75, 3.05) is 32.8 Å². The Balaban J connectivity index is 0.000000312. The number of carboxylic acids is 1. The van der Waals surface area contributed by atoms with Crippen LogP contribution < -0.4 is 18.9 Å². The normalized spacial score (nSPS) is 14.4. The summed E-state index contributed by atoms with van der Waals surface area (Å²) in [4.78, 5) is 60.5. The number of benzene rings is 2. The van der Waals surface area contributed by atoms with Crippen molar-refractivity contribution in [3.63, 3.8) is 0 Å². The van der Waals surface area contributed by atoms with Gasteiger partial charge in [0, 0.05) is 85.3 Å². The molecule has 0 aliphatic carbocycles. The minimum atomic E-state index is -4.57. The van der Waals surface area contributed by atoms with Crippen molar-refractivity contribution in [1.82, 2.24) is 28.9 Å². The number of pyridine rings is 2. The third-order valence-electron chi connectivity index (χ3n) is 13.3. The van der Waals surface area contributed by atoms with Gasteiger partial charge < -0.3 is 39.7 Å². The smallest absolute Gasteiger partial charge is 0.870 e. The molecule has 75 heavy (non-hydrogen) atoms. The van der Waals surface area contributed by atoms with E-state index in [9.17, 15) is 50.6 Å². The minimum absolute atomic E-state index is 0. The minimum Gasteiger partial charge on any atom is -0.870 e.